The van der Waals surface area contributed by atoms with Crippen LogP contribution in [0.15, 0.2) is 65.4 Å². The minimum atomic E-state index is -0.597. The molecule has 0 fully saturated rings. The maximum absolute atomic E-state index is 10.1. The van der Waals surface area contributed by atoms with E-state index in [0.29, 0.717) is 5.69 Å². The summed E-state index contributed by atoms with van der Waals surface area (Å²) in [5.41, 5.74) is 13.0. The lowest BCUT2D eigenvalue weighted by Crippen LogP contribution is -2.06. The molecule has 2 aromatic carbocycles. The molecule has 0 bridgehead atoms. The van der Waals surface area contributed by atoms with E-state index in [4.69, 9.17) is 5.73 Å². The van der Waals surface area contributed by atoms with Crippen molar-refractivity contribution in [3.63, 3.8) is 0 Å². The van der Waals surface area contributed by atoms with Crippen molar-refractivity contribution in [2.75, 3.05) is 11.1 Å². The van der Waals surface area contributed by atoms with Gasteiger partial charge in [0, 0.05) is 27.3 Å². The quantitative estimate of drug-likeness (QED) is 0.433. The lowest BCUT2D eigenvalue weighted by Gasteiger charge is -2.09. The van der Waals surface area contributed by atoms with E-state index in [-0.39, 0.29) is 5.78 Å². The normalized spacial score (nSPS) is 10.3. The highest BCUT2D eigenvalue weighted by atomic mass is 79.9. The summed E-state index contributed by atoms with van der Waals surface area (Å²) in [6.07, 6.45) is 3.70. The van der Waals surface area contributed by atoms with Crippen LogP contribution in [0, 0.1) is 0 Å². The topological polar surface area (TPSA) is 124 Å². The van der Waals surface area contributed by atoms with Crippen LogP contribution in [-0.2, 0) is 9.59 Å². The zero-order chi connectivity index (χ0) is 19.8. The number of primary amides is 1. The van der Waals surface area contributed by atoms with E-state index in [2.05, 4.69) is 36.9 Å². The van der Waals surface area contributed by atoms with E-state index < -0.39 is 5.91 Å². The average molecular weight is 428 g/mol. The Bertz CT molecular complexity index is 988. The van der Waals surface area contributed by atoms with Crippen LogP contribution in [0.4, 0.5) is 17.2 Å². The van der Waals surface area contributed by atoms with Crippen molar-refractivity contribution in [3.8, 4) is 0 Å². The lowest BCUT2D eigenvalue weighted by atomic mass is 10.2. The first kappa shape index (κ1) is 20.1. The summed E-state index contributed by atoms with van der Waals surface area (Å²) in [6.45, 7) is 1.35. The number of nitrogens with two attached hydrogens (primary N) is 2. The number of anilines is 3. The molecule has 3 aromatic rings. The molecule has 0 atom stereocenters. The standard InChI is InChI=1S/C14H11BrN4.C5H7NO2/c15-9-2-1-3-11(6-9)19-14-12-7-10(16)4-5-13(12)17-8-18-14;1-4(7)2-3-5(6)8/h1-8H,16H2,(H,17,18,19);2-3H,1H3,(H2,6,8)/b;3-2+. The molecule has 0 saturated carbocycles. The van der Waals surface area contributed by atoms with Crippen LogP contribution < -0.4 is 16.8 Å². The van der Waals surface area contributed by atoms with Crippen molar-refractivity contribution in [3.05, 3.63) is 65.4 Å². The molecule has 0 aliphatic carbocycles. The number of nitrogens with zero attached hydrogens (tertiary/aromatic N) is 2. The smallest absolute Gasteiger partial charge is 0.241 e. The predicted octanol–water partition coefficient (Wildman–Crippen LogP) is 3.34. The minimum absolute atomic E-state index is 0.177. The molecule has 3 rings (SSSR count). The zero-order valence-electron chi connectivity index (χ0n) is 14.5. The largest absolute Gasteiger partial charge is 0.399 e. The zero-order valence-corrected chi connectivity index (χ0v) is 16.1. The van der Waals surface area contributed by atoms with Gasteiger partial charge in [0.15, 0.2) is 5.78 Å². The van der Waals surface area contributed by atoms with E-state index >= 15 is 0 Å². The van der Waals surface area contributed by atoms with Gasteiger partial charge >= 0.3 is 0 Å². The Morgan fingerprint density at radius 3 is 2.52 bits per heavy atom. The predicted molar refractivity (Wildman–Crippen MR) is 110 cm³/mol. The second-order valence-electron chi connectivity index (χ2n) is 5.48. The highest BCUT2D eigenvalue weighted by molar-refractivity contribution is 9.10. The van der Waals surface area contributed by atoms with Gasteiger partial charge in [-0.15, -0.1) is 0 Å². The fourth-order valence-electron chi connectivity index (χ4n) is 2.08. The fourth-order valence-corrected chi connectivity index (χ4v) is 2.48. The average Bonchev–Trinajstić information content (AvgIpc) is 2.61. The van der Waals surface area contributed by atoms with E-state index in [1.54, 1.807) is 6.33 Å². The Hall–Kier alpha value is -3.26. The maximum atomic E-state index is 10.1. The third-order valence-electron chi connectivity index (χ3n) is 3.23. The summed E-state index contributed by atoms with van der Waals surface area (Å²) in [6, 6.07) is 13.5. The minimum Gasteiger partial charge on any atom is -0.399 e. The summed E-state index contributed by atoms with van der Waals surface area (Å²) < 4.78 is 1.01. The van der Waals surface area contributed by atoms with Gasteiger partial charge in [0.25, 0.3) is 0 Å². The molecular formula is C19H18BrN5O2. The van der Waals surface area contributed by atoms with Crippen LogP contribution >= 0.6 is 15.9 Å². The molecule has 1 heterocycles. The SMILES string of the molecule is CC(=O)/C=C/C(N)=O.Nc1ccc2ncnc(Nc3cccc(Br)c3)c2c1. The van der Waals surface area contributed by atoms with Gasteiger partial charge in [-0.2, -0.15) is 0 Å². The van der Waals surface area contributed by atoms with Crippen LogP contribution in [0.5, 0.6) is 0 Å². The van der Waals surface area contributed by atoms with Crippen molar-refractivity contribution < 1.29 is 9.59 Å². The number of rotatable bonds is 4. The molecule has 1 amide bonds. The van der Waals surface area contributed by atoms with Crippen molar-refractivity contribution in [1.82, 2.24) is 9.97 Å². The molecule has 138 valence electrons. The van der Waals surface area contributed by atoms with Crippen molar-refractivity contribution in [2.24, 2.45) is 5.73 Å². The first-order valence-corrected chi connectivity index (χ1v) is 8.65. The van der Waals surface area contributed by atoms with Gasteiger partial charge in [-0.05, 0) is 49.4 Å². The van der Waals surface area contributed by atoms with E-state index in [1.165, 1.54) is 6.92 Å². The molecule has 0 saturated heterocycles. The summed E-state index contributed by atoms with van der Waals surface area (Å²) in [5, 5.41) is 4.18. The third kappa shape index (κ3) is 6.52. The lowest BCUT2D eigenvalue weighted by molar-refractivity contribution is -0.115. The Kier molecular flexibility index (Phi) is 7.01. The highest BCUT2D eigenvalue weighted by Gasteiger charge is 2.04. The number of benzene rings is 2. The van der Waals surface area contributed by atoms with Crippen LogP contribution in [0.2, 0.25) is 0 Å². The molecule has 0 radical (unpaired) electrons. The first-order chi connectivity index (χ1) is 12.8. The molecule has 5 N–H and O–H groups in total. The van der Waals surface area contributed by atoms with Gasteiger partial charge in [-0.3, -0.25) is 9.59 Å². The molecule has 0 unspecified atom stereocenters. The van der Waals surface area contributed by atoms with Gasteiger partial charge in [0.1, 0.15) is 12.1 Å². The monoisotopic (exact) mass is 427 g/mol. The maximum Gasteiger partial charge on any atom is 0.241 e. The van der Waals surface area contributed by atoms with E-state index in [9.17, 15) is 9.59 Å². The summed E-state index contributed by atoms with van der Waals surface area (Å²) in [7, 11) is 0. The number of halogens is 1. The van der Waals surface area contributed by atoms with Gasteiger partial charge < -0.3 is 16.8 Å². The Balaban J connectivity index is 0.000000279. The third-order valence-corrected chi connectivity index (χ3v) is 3.72. The highest BCUT2D eigenvalue weighted by Crippen LogP contribution is 2.25. The summed E-state index contributed by atoms with van der Waals surface area (Å²) >= 11 is 3.44. The first-order valence-electron chi connectivity index (χ1n) is 7.86. The molecule has 0 aliphatic heterocycles. The molecule has 0 spiro atoms. The Morgan fingerprint density at radius 2 is 1.89 bits per heavy atom. The number of amides is 1. The van der Waals surface area contributed by atoms with Gasteiger partial charge in [-0.25, -0.2) is 9.97 Å². The molecule has 1 aromatic heterocycles. The molecule has 8 heteroatoms. The number of aromatic nitrogens is 2. The number of nitrogen functional groups attached to an aromatic ring is 1. The van der Waals surface area contributed by atoms with Crippen molar-refractivity contribution in [2.45, 2.75) is 6.92 Å². The number of nitrogens with one attached hydrogen (secondary N) is 1. The van der Waals surface area contributed by atoms with Gasteiger partial charge in [0.05, 0.1) is 5.52 Å². The summed E-state index contributed by atoms with van der Waals surface area (Å²) in [4.78, 5) is 28.4. The number of allylic oxidation sites excluding steroid dienone is 1. The second-order valence-corrected chi connectivity index (χ2v) is 6.40. The van der Waals surface area contributed by atoms with Gasteiger partial charge in [-0.1, -0.05) is 22.0 Å². The Labute approximate surface area is 164 Å². The molecular weight excluding hydrogens is 410 g/mol. The van der Waals surface area contributed by atoms with Crippen LogP contribution in [0.1, 0.15) is 6.92 Å². The molecule has 0 aliphatic rings. The fraction of sp³-hybridized carbons (Fsp3) is 0.0526. The van der Waals surface area contributed by atoms with Crippen LogP contribution in [0.3, 0.4) is 0 Å². The van der Waals surface area contributed by atoms with Crippen molar-refractivity contribution >= 4 is 55.7 Å². The van der Waals surface area contributed by atoms with Crippen LogP contribution in [-0.4, -0.2) is 21.7 Å². The van der Waals surface area contributed by atoms with Crippen LogP contribution in [0.25, 0.3) is 10.9 Å². The second kappa shape index (κ2) is 9.44. The van der Waals surface area contributed by atoms with Gasteiger partial charge in [0.2, 0.25) is 5.91 Å². The number of fused-ring (bicyclic) bond motifs is 1. The molecule has 7 nitrogen and oxygen atoms in total. The number of carbonyl (C=O) groups excluding carboxylic acids is 2. The number of ketones is 1. The molecule has 27 heavy (non-hydrogen) atoms. The van der Waals surface area contributed by atoms with E-state index in [0.717, 1.165) is 39.0 Å². The summed E-state index contributed by atoms with van der Waals surface area (Å²) in [5.74, 6) is -0.0283. The number of hydrogen-bond donors (Lipinski definition) is 3. The van der Waals surface area contributed by atoms with E-state index in [1.807, 2.05) is 42.5 Å². The van der Waals surface area contributed by atoms with Crippen molar-refractivity contribution in [1.29, 1.82) is 0 Å². The Morgan fingerprint density at radius 1 is 1.11 bits per heavy atom. The number of hydrogen-bond acceptors (Lipinski definition) is 6. The number of carbonyl (C=O) groups is 2.